The summed E-state index contributed by atoms with van der Waals surface area (Å²) < 4.78 is 43.6. The Kier molecular flexibility index (Phi) is 3.43. The van der Waals surface area contributed by atoms with E-state index in [0.29, 0.717) is 12.0 Å². The van der Waals surface area contributed by atoms with Crippen LogP contribution >= 0.6 is 0 Å². The Bertz CT molecular complexity index is 541. The van der Waals surface area contributed by atoms with E-state index in [1.165, 1.54) is 12.1 Å². The number of nitrogens with one attached hydrogen (secondary N) is 1. The van der Waals surface area contributed by atoms with Crippen LogP contribution in [0, 0.1) is 0 Å². The lowest BCUT2D eigenvalue weighted by molar-refractivity contribution is -0.149. The molecular weight excluding hydrogens is 283 g/mol. The molecule has 1 aliphatic heterocycles. The topological polar surface area (TPSA) is 38.3 Å². The van der Waals surface area contributed by atoms with Crippen molar-refractivity contribution in [1.29, 1.82) is 0 Å². The van der Waals surface area contributed by atoms with Crippen molar-refractivity contribution in [2.24, 2.45) is 0 Å². The van der Waals surface area contributed by atoms with E-state index in [1.54, 1.807) is 0 Å². The van der Waals surface area contributed by atoms with Crippen LogP contribution in [0.25, 0.3) is 0 Å². The summed E-state index contributed by atoms with van der Waals surface area (Å²) in [6.45, 7) is 0.0209. The molecule has 1 N–H and O–H groups in total. The van der Waals surface area contributed by atoms with Gasteiger partial charge in [0.15, 0.2) is 0 Å². The number of hydrogen-bond donors (Lipinski definition) is 1. The predicted molar refractivity (Wildman–Crippen MR) is 69.5 cm³/mol. The minimum Gasteiger partial charge on any atom is -0.366 e. The lowest BCUT2D eigenvalue weighted by Crippen LogP contribution is -2.61. The van der Waals surface area contributed by atoms with E-state index in [2.05, 4.69) is 5.32 Å². The van der Waals surface area contributed by atoms with Crippen LogP contribution in [0.15, 0.2) is 24.3 Å². The Morgan fingerprint density at radius 1 is 1.19 bits per heavy atom. The first kappa shape index (κ1) is 14.4. The Hall–Kier alpha value is -1.56. The van der Waals surface area contributed by atoms with Gasteiger partial charge in [-0.3, -0.25) is 4.79 Å². The van der Waals surface area contributed by atoms with Crippen LogP contribution in [-0.4, -0.2) is 18.6 Å². The number of amides is 1. The maximum atomic E-state index is 12.7. The molecule has 1 heterocycles. The highest BCUT2D eigenvalue weighted by Gasteiger charge is 2.47. The maximum absolute atomic E-state index is 12.7. The van der Waals surface area contributed by atoms with E-state index in [-0.39, 0.29) is 18.6 Å². The number of fused-ring (bicyclic) bond motifs is 1. The molecular formula is C15H16F3NO2. The maximum Gasteiger partial charge on any atom is 0.416 e. The number of carbonyl (C=O) groups is 1. The molecule has 2 unspecified atom stereocenters. The quantitative estimate of drug-likeness (QED) is 0.865. The van der Waals surface area contributed by atoms with E-state index in [0.717, 1.165) is 31.4 Å². The summed E-state index contributed by atoms with van der Waals surface area (Å²) in [6, 6.07) is 5.04. The van der Waals surface area contributed by atoms with Gasteiger partial charge in [-0.1, -0.05) is 25.0 Å². The van der Waals surface area contributed by atoms with Gasteiger partial charge in [0.2, 0.25) is 5.91 Å². The smallest absolute Gasteiger partial charge is 0.366 e. The van der Waals surface area contributed by atoms with Gasteiger partial charge in [-0.2, -0.15) is 13.2 Å². The number of morpholine rings is 1. The average Bonchev–Trinajstić information content (AvgIpc) is 2.46. The molecule has 3 rings (SSSR count). The van der Waals surface area contributed by atoms with Crippen LogP contribution in [0.5, 0.6) is 0 Å². The van der Waals surface area contributed by atoms with Crippen molar-refractivity contribution < 1.29 is 22.7 Å². The number of halogens is 3. The lowest BCUT2D eigenvalue weighted by atomic mass is 9.73. The second kappa shape index (κ2) is 5.02. The number of hydrogen-bond acceptors (Lipinski definition) is 2. The molecule has 0 aromatic heterocycles. The second-order valence-electron chi connectivity index (χ2n) is 5.64. The number of alkyl halides is 3. The van der Waals surface area contributed by atoms with Crippen LogP contribution in [0.3, 0.4) is 0 Å². The van der Waals surface area contributed by atoms with Crippen molar-refractivity contribution in [2.75, 3.05) is 6.61 Å². The van der Waals surface area contributed by atoms with Crippen LogP contribution in [-0.2, 0) is 21.2 Å². The fraction of sp³-hybridized carbons (Fsp3) is 0.533. The Morgan fingerprint density at radius 2 is 1.90 bits per heavy atom. The molecule has 2 atom stereocenters. The monoisotopic (exact) mass is 299 g/mol. The molecule has 1 saturated heterocycles. The molecule has 1 saturated carbocycles. The van der Waals surface area contributed by atoms with E-state index in [4.69, 9.17) is 4.74 Å². The summed E-state index contributed by atoms with van der Waals surface area (Å²) in [7, 11) is 0. The Morgan fingerprint density at radius 3 is 2.57 bits per heavy atom. The van der Waals surface area contributed by atoms with Gasteiger partial charge in [0.1, 0.15) is 6.61 Å². The summed E-state index contributed by atoms with van der Waals surface area (Å²) >= 11 is 0. The highest BCUT2D eigenvalue weighted by Crippen LogP contribution is 2.41. The van der Waals surface area contributed by atoms with E-state index in [9.17, 15) is 18.0 Å². The van der Waals surface area contributed by atoms with Gasteiger partial charge in [-0.05, 0) is 30.5 Å². The van der Waals surface area contributed by atoms with E-state index in [1.807, 2.05) is 0 Å². The van der Waals surface area contributed by atoms with Crippen LogP contribution in [0.4, 0.5) is 13.2 Å². The minimum absolute atomic E-state index is 0.0209. The van der Waals surface area contributed by atoms with Gasteiger partial charge < -0.3 is 10.1 Å². The first-order valence-electron chi connectivity index (χ1n) is 7.02. The molecule has 0 radical (unpaired) electrons. The van der Waals surface area contributed by atoms with E-state index < -0.39 is 17.3 Å². The molecule has 21 heavy (non-hydrogen) atoms. The van der Waals surface area contributed by atoms with Crippen molar-refractivity contribution in [2.45, 2.75) is 43.5 Å². The molecule has 0 spiro atoms. The fourth-order valence-corrected chi connectivity index (χ4v) is 3.33. The SMILES string of the molecule is O=C1COC2CCCCC2(c2ccc(C(F)(F)F)cc2)N1. The van der Waals surface area contributed by atoms with Crippen molar-refractivity contribution >= 4 is 5.91 Å². The van der Waals surface area contributed by atoms with E-state index >= 15 is 0 Å². The molecule has 1 aromatic rings. The third-order valence-electron chi connectivity index (χ3n) is 4.34. The average molecular weight is 299 g/mol. The highest BCUT2D eigenvalue weighted by molar-refractivity contribution is 5.79. The first-order valence-corrected chi connectivity index (χ1v) is 7.02. The summed E-state index contributed by atoms with van der Waals surface area (Å²) in [5.41, 5.74) is -0.677. The molecule has 3 nitrogen and oxygen atoms in total. The summed E-state index contributed by atoms with van der Waals surface area (Å²) in [5.74, 6) is -0.215. The summed E-state index contributed by atoms with van der Waals surface area (Å²) in [4.78, 5) is 11.7. The zero-order valence-electron chi connectivity index (χ0n) is 11.4. The predicted octanol–water partition coefficient (Wildman–Crippen LogP) is 2.99. The van der Waals surface area contributed by atoms with Gasteiger partial charge in [-0.25, -0.2) is 0 Å². The van der Waals surface area contributed by atoms with Gasteiger partial charge >= 0.3 is 6.18 Å². The molecule has 2 aliphatic rings. The molecule has 0 bridgehead atoms. The number of ether oxygens (including phenoxy) is 1. The fourth-order valence-electron chi connectivity index (χ4n) is 3.33. The van der Waals surface area contributed by atoms with Crippen LogP contribution in [0.2, 0.25) is 0 Å². The third kappa shape index (κ3) is 2.52. The van der Waals surface area contributed by atoms with Crippen molar-refractivity contribution in [3.05, 3.63) is 35.4 Å². The standard InChI is InChI=1S/C15H16F3NO2/c16-15(17,18)11-6-4-10(5-7-11)14-8-2-1-3-12(14)21-9-13(20)19-14/h4-7,12H,1-3,8-9H2,(H,19,20). The van der Waals surface area contributed by atoms with Gasteiger partial charge in [0.05, 0.1) is 17.2 Å². The zero-order valence-corrected chi connectivity index (χ0v) is 11.4. The van der Waals surface area contributed by atoms with Crippen molar-refractivity contribution in [3.63, 3.8) is 0 Å². The van der Waals surface area contributed by atoms with Gasteiger partial charge in [0.25, 0.3) is 0 Å². The Labute approximate surface area is 120 Å². The Balaban J connectivity index is 1.97. The largest absolute Gasteiger partial charge is 0.416 e. The van der Waals surface area contributed by atoms with Gasteiger partial charge in [0, 0.05) is 0 Å². The number of rotatable bonds is 1. The van der Waals surface area contributed by atoms with Crippen LogP contribution < -0.4 is 5.32 Å². The van der Waals surface area contributed by atoms with Crippen molar-refractivity contribution in [1.82, 2.24) is 5.32 Å². The summed E-state index contributed by atoms with van der Waals surface area (Å²) in [5, 5.41) is 2.96. The molecule has 1 aromatic carbocycles. The number of carbonyl (C=O) groups excluding carboxylic acids is 1. The third-order valence-corrected chi connectivity index (χ3v) is 4.34. The number of benzene rings is 1. The molecule has 1 aliphatic carbocycles. The molecule has 114 valence electrons. The molecule has 2 fully saturated rings. The highest BCUT2D eigenvalue weighted by atomic mass is 19.4. The normalized spacial score (nSPS) is 29.7. The minimum atomic E-state index is -4.35. The lowest BCUT2D eigenvalue weighted by Gasteiger charge is -2.47. The van der Waals surface area contributed by atoms with Gasteiger partial charge in [-0.15, -0.1) is 0 Å². The van der Waals surface area contributed by atoms with Crippen LogP contribution in [0.1, 0.15) is 36.8 Å². The van der Waals surface area contributed by atoms with Crippen molar-refractivity contribution in [3.8, 4) is 0 Å². The summed E-state index contributed by atoms with van der Waals surface area (Å²) in [6.07, 6.45) is -1.10. The first-order chi connectivity index (χ1) is 9.92. The zero-order chi connectivity index (χ0) is 15.1. The molecule has 1 amide bonds. The second-order valence-corrected chi connectivity index (χ2v) is 5.64. The molecule has 6 heteroatoms.